The van der Waals surface area contributed by atoms with Crippen LogP contribution in [0.2, 0.25) is 0 Å². The van der Waals surface area contributed by atoms with Crippen molar-refractivity contribution in [1.29, 1.82) is 0 Å². The molecule has 0 atom stereocenters. The van der Waals surface area contributed by atoms with Crippen molar-refractivity contribution in [3.05, 3.63) is 60.3 Å². The summed E-state index contributed by atoms with van der Waals surface area (Å²) in [4.78, 5) is 4.51. The molecule has 0 saturated carbocycles. The molecule has 4 nitrogen and oxygen atoms in total. The van der Waals surface area contributed by atoms with Gasteiger partial charge in [0.05, 0.1) is 5.69 Å². The maximum atomic E-state index is 9.41. The van der Waals surface area contributed by atoms with Gasteiger partial charge in [-0.3, -0.25) is 4.98 Å². The van der Waals surface area contributed by atoms with E-state index in [1.54, 1.807) is 18.3 Å². The van der Waals surface area contributed by atoms with E-state index < -0.39 is 7.12 Å². The van der Waals surface area contributed by atoms with Gasteiger partial charge in [0.1, 0.15) is 11.2 Å². The van der Waals surface area contributed by atoms with Gasteiger partial charge in [-0.05, 0) is 47.3 Å². The molecule has 2 N–H and O–H groups in total. The monoisotopic (exact) mass is 331 g/mol. The van der Waals surface area contributed by atoms with Crippen LogP contribution in [0.5, 0.6) is 0 Å². The number of nitrogens with zero attached hydrogens (tertiary/aromatic N) is 1. The van der Waals surface area contributed by atoms with E-state index in [-0.39, 0.29) is 0 Å². The van der Waals surface area contributed by atoms with Gasteiger partial charge >= 0.3 is 7.12 Å². The van der Waals surface area contributed by atoms with E-state index in [0.717, 1.165) is 27.6 Å². The Morgan fingerprint density at radius 1 is 1.00 bits per heavy atom. The molecule has 2 heterocycles. The van der Waals surface area contributed by atoms with Crippen LogP contribution in [0.3, 0.4) is 0 Å². The molecule has 0 radical (unpaired) electrons. The van der Waals surface area contributed by atoms with Gasteiger partial charge in [-0.2, -0.15) is 0 Å². The summed E-state index contributed by atoms with van der Waals surface area (Å²) in [5.41, 5.74) is 4.93. The molecule has 124 valence electrons. The lowest BCUT2D eigenvalue weighted by Gasteiger charge is -2.09. The van der Waals surface area contributed by atoms with Gasteiger partial charge in [-0.15, -0.1) is 0 Å². The predicted octanol–water partition coefficient (Wildman–Crippen LogP) is 3.45. The first-order valence-electron chi connectivity index (χ1n) is 8.32. The molecule has 0 unspecified atom stereocenters. The highest BCUT2D eigenvalue weighted by Crippen LogP contribution is 2.38. The largest absolute Gasteiger partial charge is 0.488 e. The van der Waals surface area contributed by atoms with Crippen LogP contribution in [0.4, 0.5) is 0 Å². The molecule has 0 aliphatic heterocycles. The maximum absolute atomic E-state index is 9.41. The first kappa shape index (κ1) is 15.9. The molecule has 0 saturated heterocycles. The van der Waals surface area contributed by atoms with Crippen LogP contribution in [0.1, 0.15) is 25.3 Å². The van der Waals surface area contributed by atoms with Gasteiger partial charge in [0, 0.05) is 22.5 Å². The Bertz CT molecular complexity index is 1050. The van der Waals surface area contributed by atoms with Crippen LogP contribution in [-0.2, 0) is 0 Å². The summed E-state index contributed by atoms with van der Waals surface area (Å²) in [6.07, 6.45) is 1.78. The van der Waals surface area contributed by atoms with Crippen LogP contribution in [0.25, 0.3) is 33.2 Å². The van der Waals surface area contributed by atoms with Crippen molar-refractivity contribution in [2.75, 3.05) is 0 Å². The van der Waals surface area contributed by atoms with Crippen LogP contribution in [-0.4, -0.2) is 22.2 Å². The number of pyridine rings is 1. The molecule has 4 aromatic rings. The highest BCUT2D eigenvalue weighted by molar-refractivity contribution is 6.58. The highest BCUT2D eigenvalue weighted by atomic mass is 16.4. The van der Waals surface area contributed by atoms with Crippen LogP contribution < -0.4 is 5.46 Å². The van der Waals surface area contributed by atoms with Gasteiger partial charge in [0.25, 0.3) is 0 Å². The van der Waals surface area contributed by atoms with E-state index in [1.807, 2.05) is 24.3 Å². The highest BCUT2D eigenvalue weighted by Gasteiger charge is 2.18. The first-order valence-corrected chi connectivity index (χ1v) is 8.32. The van der Waals surface area contributed by atoms with E-state index in [9.17, 15) is 10.0 Å². The average Bonchev–Trinajstić information content (AvgIpc) is 2.99. The summed E-state index contributed by atoms with van der Waals surface area (Å²) in [7, 11) is -1.51. The van der Waals surface area contributed by atoms with Crippen molar-refractivity contribution < 1.29 is 14.5 Å². The third-order valence-corrected chi connectivity index (χ3v) is 4.53. The Balaban J connectivity index is 2.08. The molecule has 25 heavy (non-hydrogen) atoms. The molecular weight excluding hydrogens is 313 g/mol. The molecule has 2 aromatic carbocycles. The molecule has 5 heteroatoms. The maximum Gasteiger partial charge on any atom is 0.488 e. The zero-order chi connectivity index (χ0) is 17.6. The molecule has 2 aromatic heterocycles. The fraction of sp³-hybridized carbons (Fsp3) is 0.150. The predicted molar refractivity (Wildman–Crippen MR) is 101 cm³/mol. The molecule has 0 bridgehead atoms. The number of hydrogen-bond acceptors (Lipinski definition) is 4. The van der Waals surface area contributed by atoms with Crippen molar-refractivity contribution in [1.82, 2.24) is 4.98 Å². The Kier molecular flexibility index (Phi) is 3.83. The Morgan fingerprint density at radius 2 is 1.84 bits per heavy atom. The quantitative estimate of drug-likeness (QED) is 0.564. The lowest BCUT2D eigenvalue weighted by Crippen LogP contribution is -2.29. The number of hydrogen-bond donors (Lipinski definition) is 2. The summed E-state index contributed by atoms with van der Waals surface area (Å²) < 4.78 is 6.05. The van der Waals surface area contributed by atoms with E-state index in [2.05, 4.69) is 31.0 Å². The molecule has 0 fully saturated rings. The molecule has 0 aliphatic rings. The summed E-state index contributed by atoms with van der Waals surface area (Å²) in [6, 6.07) is 15.3. The summed E-state index contributed by atoms with van der Waals surface area (Å²) in [5.74, 6) is 0.356. The zero-order valence-corrected chi connectivity index (χ0v) is 14.1. The van der Waals surface area contributed by atoms with Crippen LogP contribution >= 0.6 is 0 Å². The molecule has 0 spiro atoms. The number of aromatic nitrogens is 1. The lowest BCUT2D eigenvalue weighted by atomic mass is 9.80. The minimum atomic E-state index is -1.51. The number of fused-ring (bicyclic) bond motifs is 3. The third kappa shape index (κ3) is 2.71. The van der Waals surface area contributed by atoms with E-state index >= 15 is 0 Å². The van der Waals surface area contributed by atoms with Gasteiger partial charge < -0.3 is 14.5 Å². The fourth-order valence-corrected chi connectivity index (χ4v) is 3.16. The summed E-state index contributed by atoms with van der Waals surface area (Å²) in [6.45, 7) is 4.29. The van der Waals surface area contributed by atoms with Gasteiger partial charge in [0.2, 0.25) is 0 Å². The van der Waals surface area contributed by atoms with Gasteiger partial charge in [-0.1, -0.05) is 32.0 Å². The minimum Gasteiger partial charge on any atom is -0.456 e. The summed E-state index contributed by atoms with van der Waals surface area (Å²) >= 11 is 0. The summed E-state index contributed by atoms with van der Waals surface area (Å²) in [5, 5.41) is 20.8. The Hall–Kier alpha value is -2.63. The van der Waals surface area contributed by atoms with Crippen molar-refractivity contribution in [3.8, 4) is 11.3 Å². The molecule has 0 amide bonds. The second-order valence-corrected chi connectivity index (χ2v) is 6.54. The van der Waals surface area contributed by atoms with Crippen molar-refractivity contribution >= 4 is 34.5 Å². The molecule has 4 rings (SSSR count). The smallest absolute Gasteiger partial charge is 0.456 e. The van der Waals surface area contributed by atoms with Crippen LogP contribution in [0.15, 0.2) is 59.1 Å². The normalized spacial score (nSPS) is 11.6. The van der Waals surface area contributed by atoms with E-state index in [0.29, 0.717) is 17.0 Å². The minimum absolute atomic E-state index is 0.356. The van der Waals surface area contributed by atoms with Gasteiger partial charge in [-0.25, -0.2) is 0 Å². The molecular formula is C20H18BNO3. The fourth-order valence-electron chi connectivity index (χ4n) is 3.16. The molecule has 0 aliphatic carbocycles. The van der Waals surface area contributed by atoms with Crippen LogP contribution in [0, 0.1) is 0 Å². The topological polar surface area (TPSA) is 66.5 Å². The second kappa shape index (κ2) is 6.03. The first-order chi connectivity index (χ1) is 12.0. The standard InChI is InChI=1S/C20H18BNO3/c1-12(2)13-9-16(17-5-3-4-8-22-17)20-15-7-6-14(21(23)24)11-18(15)25-19(20)10-13/h3-12,23-24H,1-2H3. The lowest BCUT2D eigenvalue weighted by molar-refractivity contribution is 0.425. The Labute approximate surface area is 145 Å². The number of benzene rings is 2. The second-order valence-electron chi connectivity index (χ2n) is 6.54. The zero-order valence-electron chi connectivity index (χ0n) is 14.1. The van der Waals surface area contributed by atoms with Crippen molar-refractivity contribution in [3.63, 3.8) is 0 Å². The average molecular weight is 331 g/mol. The Morgan fingerprint density at radius 3 is 2.52 bits per heavy atom. The van der Waals surface area contributed by atoms with Crippen molar-refractivity contribution in [2.45, 2.75) is 19.8 Å². The van der Waals surface area contributed by atoms with E-state index in [1.165, 1.54) is 5.56 Å². The SMILES string of the molecule is CC(C)c1cc(-c2ccccn2)c2c(c1)oc1cc(B(O)O)ccc12. The van der Waals surface area contributed by atoms with Gasteiger partial charge in [0.15, 0.2) is 0 Å². The van der Waals surface area contributed by atoms with Crippen molar-refractivity contribution in [2.24, 2.45) is 0 Å². The number of furan rings is 1. The third-order valence-electron chi connectivity index (χ3n) is 4.53. The van der Waals surface area contributed by atoms with E-state index in [4.69, 9.17) is 4.42 Å². The number of rotatable bonds is 3.